The van der Waals surface area contributed by atoms with Crippen LogP contribution in [0.15, 0.2) is 12.1 Å². The standard InChI is InChI=1S/C11H15ClFNO/c1-3-7(2)6-9(15)8-4-5-10(12)14-11(8)13/h4-5,7,9,15H,3,6H2,1-2H3. The lowest BCUT2D eigenvalue weighted by Gasteiger charge is -2.15. The zero-order chi connectivity index (χ0) is 11.4. The van der Waals surface area contributed by atoms with E-state index in [9.17, 15) is 9.50 Å². The molecule has 2 atom stereocenters. The molecule has 0 saturated heterocycles. The summed E-state index contributed by atoms with van der Waals surface area (Å²) in [5.74, 6) is -0.326. The van der Waals surface area contributed by atoms with Crippen molar-refractivity contribution in [1.82, 2.24) is 4.98 Å². The van der Waals surface area contributed by atoms with Gasteiger partial charge in [0, 0.05) is 5.56 Å². The lowest BCUT2D eigenvalue weighted by atomic mass is 9.97. The Morgan fingerprint density at radius 3 is 2.73 bits per heavy atom. The van der Waals surface area contributed by atoms with Gasteiger partial charge in [-0.15, -0.1) is 0 Å². The smallest absolute Gasteiger partial charge is 0.220 e. The molecule has 1 rings (SSSR count). The van der Waals surface area contributed by atoms with Crippen molar-refractivity contribution in [1.29, 1.82) is 0 Å². The number of rotatable bonds is 4. The maximum atomic E-state index is 13.3. The Morgan fingerprint density at radius 1 is 1.53 bits per heavy atom. The highest BCUT2D eigenvalue weighted by Gasteiger charge is 2.16. The molecule has 1 aromatic rings. The highest BCUT2D eigenvalue weighted by Crippen LogP contribution is 2.24. The van der Waals surface area contributed by atoms with Gasteiger partial charge in [0.05, 0.1) is 6.10 Å². The molecule has 0 spiro atoms. The quantitative estimate of drug-likeness (QED) is 0.807. The van der Waals surface area contributed by atoms with Crippen LogP contribution in [-0.2, 0) is 0 Å². The highest BCUT2D eigenvalue weighted by molar-refractivity contribution is 6.29. The summed E-state index contributed by atoms with van der Waals surface area (Å²) < 4.78 is 13.3. The molecule has 0 amide bonds. The first-order valence-electron chi connectivity index (χ1n) is 5.04. The molecule has 84 valence electrons. The summed E-state index contributed by atoms with van der Waals surface area (Å²) in [6.07, 6.45) is 0.695. The van der Waals surface area contributed by atoms with Gasteiger partial charge in [-0.1, -0.05) is 31.9 Å². The molecule has 15 heavy (non-hydrogen) atoms. The summed E-state index contributed by atoms with van der Waals surface area (Å²) in [6, 6.07) is 2.97. The van der Waals surface area contributed by atoms with Gasteiger partial charge in [0.15, 0.2) is 0 Å². The van der Waals surface area contributed by atoms with Gasteiger partial charge in [-0.25, -0.2) is 4.98 Å². The maximum absolute atomic E-state index is 13.3. The number of pyridine rings is 1. The van der Waals surface area contributed by atoms with Crippen molar-refractivity contribution in [3.05, 3.63) is 28.8 Å². The largest absolute Gasteiger partial charge is 0.388 e. The fraction of sp³-hybridized carbons (Fsp3) is 0.545. The Balaban J connectivity index is 2.77. The van der Waals surface area contributed by atoms with Crippen LogP contribution in [0.1, 0.15) is 38.4 Å². The number of hydrogen-bond acceptors (Lipinski definition) is 2. The minimum Gasteiger partial charge on any atom is -0.388 e. The van der Waals surface area contributed by atoms with Crippen molar-refractivity contribution in [2.24, 2.45) is 5.92 Å². The Bertz CT molecular complexity index is 332. The van der Waals surface area contributed by atoms with Gasteiger partial charge in [0.1, 0.15) is 5.15 Å². The van der Waals surface area contributed by atoms with E-state index in [1.165, 1.54) is 12.1 Å². The number of aliphatic hydroxyl groups is 1. The van der Waals surface area contributed by atoms with Crippen LogP contribution in [0.3, 0.4) is 0 Å². The van der Waals surface area contributed by atoms with Crippen LogP contribution in [0.5, 0.6) is 0 Å². The summed E-state index contributed by atoms with van der Waals surface area (Å²) in [7, 11) is 0. The average Bonchev–Trinajstić information content (AvgIpc) is 2.17. The average molecular weight is 232 g/mol. The second kappa shape index (κ2) is 5.42. The van der Waals surface area contributed by atoms with E-state index in [2.05, 4.69) is 4.98 Å². The van der Waals surface area contributed by atoms with Gasteiger partial charge in [0.2, 0.25) is 5.95 Å². The molecule has 0 radical (unpaired) electrons. The molecule has 2 unspecified atom stereocenters. The van der Waals surface area contributed by atoms with E-state index >= 15 is 0 Å². The van der Waals surface area contributed by atoms with Crippen molar-refractivity contribution in [2.75, 3.05) is 0 Å². The van der Waals surface area contributed by atoms with Gasteiger partial charge < -0.3 is 5.11 Å². The van der Waals surface area contributed by atoms with Crippen LogP contribution < -0.4 is 0 Å². The second-order valence-corrected chi connectivity index (χ2v) is 4.17. The van der Waals surface area contributed by atoms with Crippen LogP contribution in [-0.4, -0.2) is 10.1 Å². The zero-order valence-corrected chi connectivity index (χ0v) is 9.63. The minimum atomic E-state index is -0.801. The summed E-state index contributed by atoms with van der Waals surface area (Å²) in [6.45, 7) is 4.05. The summed E-state index contributed by atoms with van der Waals surface area (Å²) in [4.78, 5) is 3.47. The molecule has 4 heteroatoms. The van der Waals surface area contributed by atoms with Gasteiger partial charge in [0.25, 0.3) is 0 Å². The van der Waals surface area contributed by atoms with Crippen LogP contribution in [0.25, 0.3) is 0 Å². The first kappa shape index (κ1) is 12.4. The predicted octanol–water partition coefficient (Wildman–Crippen LogP) is 3.34. The van der Waals surface area contributed by atoms with Crippen molar-refractivity contribution < 1.29 is 9.50 Å². The molecule has 0 aliphatic heterocycles. The Hall–Kier alpha value is -0.670. The molecular formula is C11H15ClFNO. The first-order valence-corrected chi connectivity index (χ1v) is 5.42. The second-order valence-electron chi connectivity index (χ2n) is 3.78. The molecular weight excluding hydrogens is 217 g/mol. The molecule has 1 N–H and O–H groups in total. The fourth-order valence-electron chi connectivity index (χ4n) is 1.35. The van der Waals surface area contributed by atoms with E-state index in [1.54, 1.807) is 0 Å². The van der Waals surface area contributed by atoms with Crippen LogP contribution in [0.4, 0.5) is 4.39 Å². The zero-order valence-electron chi connectivity index (χ0n) is 8.87. The third-order valence-corrected chi connectivity index (χ3v) is 2.74. The molecule has 0 aliphatic carbocycles. The molecule has 0 fully saturated rings. The Labute approximate surface area is 94.1 Å². The van der Waals surface area contributed by atoms with Crippen molar-refractivity contribution >= 4 is 11.6 Å². The van der Waals surface area contributed by atoms with Crippen molar-refractivity contribution in [2.45, 2.75) is 32.8 Å². The van der Waals surface area contributed by atoms with Crippen LogP contribution in [0, 0.1) is 11.9 Å². The van der Waals surface area contributed by atoms with Gasteiger partial charge in [-0.05, 0) is 24.5 Å². The highest BCUT2D eigenvalue weighted by atomic mass is 35.5. The molecule has 1 heterocycles. The van der Waals surface area contributed by atoms with Crippen molar-refractivity contribution in [3.8, 4) is 0 Å². The fourth-order valence-corrected chi connectivity index (χ4v) is 1.48. The van der Waals surface area contributed by atoms with E-state index < -0.39 is 12.1 Å². The monoisotopic (exact) mass is 231 g/mol. The van der Waals surface area contributed by atoms with Gasteiger partial charge in [-0.3, -0.25) is 0 Å². The first-order chi connectivity index (χ1) is 7.04. The topological polar surface area (TPSA) is 33.1 Å². The van der Waals surface area contributed by atoms with Crippen LogP contribution >= 0.6 is 11.6 Å². The molecule has 0 saturated carbocycles. The Kier molecular flexibility index (Phi) is 4.48. The van der Waals surface area contributed by atoms with Gasteiger partial charge >= 0.3 is 0 Å². The SMILES string of the molecule is CCC(C)CC(O)c1ccc(Cl)nc1F. The van der Waals surface area contributed by atoms with E-state index in [0.29, 0.717) is 12.3 Å². The summed E-state index contributed by atoms with van der Waals surface area (Å²) >= 11 is 5.52. The number of hydrogen-bond donors (Lipinski definition) is 1. The lowest BCUT2D eigenvalue weighted by Crippen LogP contribution is -2.07. The third-order valence-electron chi connectivity index (χ3n) is 2.53. The van der Waals surface area contributed by atoms with E-state index in [1.807, 2.05) is 13.8 Å². The van der Waals surface area contributed by atoms with Gasteiger partial charge in [-0.2, -0.15) is 4.39 Å². The summed E-state index contributed by atoms with van der Waals surface area (Å²) in [5.41, 5.74) is 0.222. The number of aliphatic hydroxyl groups excluding tert-OH is 1. The molecule has 1 aromatic heterocycles. The number of halogens is 2. The molecule has 0 aromatic carbocycles. The summed E-state index contributed by atoms with van der Waals surface area (Å²) in [5, 5.41) is 9.87. The van der Waals surface area contributed by atoms with E-state index in [0.717, 1.165) is 6.42 Å². The maximum Gasteiger partial charge on any atom is 0.220 e. The number of aromatic nitrogens is 1. The van der Waals surface area contributed by atoms with Crippen LogP contribution in [0.2, 0.25) is 5.15 Å². The number of nitrogens with zero attached hydrogens (tertiary/aromatic N) is 1. The normalized spacial score (nSPS) is 15.0. The molecule has 0 aliphatic rings. The Morgan fingerprint density at radius 2 is 2.20 bits per heavy atom. The predicted molar refractivity (Wildman–Crippen MR) is 58.2 cm³/mol. The van der Waals surface area contributed by atoms with E-state index in [4.69, 9.17) is 11.6 Å². The lowest BCUT2D eigenvalue weighted by molar-refractivity contribution is 0.141. The van der Waals surface area contributed by atoms with E-state index in [-0.39, 0.29) is 10.7 Å². The minimum absolute atomic E-state index is 0.104. The third kappa shape index (κ3) is 3.43. The molecule has 2 nitrogen and oxygen atoms in total. The molecule has 0 bridgehead atoms. The van der Waals surface area contributed by atoms with Crippen molar-refractivity contribution in [3.63, 3.8) is 0 Å².